The monoisotopic (exact) mass is 530 g/mol. The summed E-state index contributed by atoms with van der Waals surface area (Å²) in [7, 11) is 0. The fraction of sp³-hybridized carbons (Fsp3) is 0.455. The summed E-state index contributed by atoms with van der Waals surface area (Å²) < 4.78 is 10.3. The van der Waals surface area contributed by atoms with Gasteiger partial charge in [0.1, 0.15) is 12.7 Å². The van der Waals surface area contributed by atoms with Crippen LogP contribution in [0.15, 0.2) is 47.6 Å². The number of aryl methyl sites for hydroxylation is 2. The van der Waals surface area contributed by atoms with Crippen LogP contribution < -0.4 is 5.32 Å². The van der Waals surface area contributed by atoms with E-state index >= 15 is 0 Å². The van der Waals surface area contributed by atoms with Gasteiger partial charge in [-0.15, -0.1) is 5.10 Å². The molecule has 0 radical (unpaired) electrons. The number of amides is 2. The smallest absolute Gasteiger partial charge is 0.225 e. The molecule has 11 nitrogen and oxygen atoms in total. The number of nitrogens with one attached hydrogen (secondary N) is 1. The minimum Gasteiger partial charge on any atom is -0.373 e. The van der Waals surface area contributed by atoms with E-state index < -0.39 is 0 Å². The maximum Gasteiger partial charge on any atom is 0.225 e. The van der Waals surface area contributed by atoms with Crippen LogP contribution in [0, 0.1) is 0 Å². The molecule has 0 bridgehead atoms. The topological polar surface area (TPSA) is 120 Å². The van der Waals surface area contributed by atoms with Crippen molar-refractivity contribution in [1.82, 2.24) is 40.0 Å². The molecule has 1 aromatic carbocycles. The van der Waals surface area contributed by atoms with Crippen LogP contribution in [0.25, 0.3) is 0 Å². The number of ether oxygens (including phenoxy) is 1. The molecule has 4 rings (SSSR count). The second kappa shape index (κ2) is 11.3. The average Bonchev–Trinajstić information content (AvgIpc) is 3.50. The molecule has 1 fully saturated rings. The molecule has 3 aromatic rings. The van der Waals surface area contributed by atoms with Crippen molar-refractivity contribution < 1.29 is 14.3 Å². The lowest BCUT2D eigenvalue weighted by Gasteiger charge is -2.34. The van der Waals surface area contributed by atoms with Crippen molar-refractivity contribution in [3.63, 3.8) is 0 Å². The van der Waals surface area contributed by atoms with Gasteiger partial charge in [-0.2, -0.15) is 5.10 Å². The predicted octanol–water partition coefficient (Wildman–Crippen LogP) is 1.37. The number of morpholine rings is 1. The summed E-state index contributed by atoms with van der Waals surface area (Å²) in [5.74, 6) is -0.201. The van der Waals surface area contributed by atoms with Gasteiger partial charge in [0, 0.05) is 43.6 Å². The molecule has 3 heterocycles. The van der Waals surface area contributed by atoms with Crippen LogP contribution in [0.3, 0.4) is 0 Å². The van der Waals surface area contributed by atoms with Gasteiger partial charge in [-0.05, 0) is 17.7 Å². The quantitative estimate of drug-likeness (QED) is 0.443. The van der Waals surface area contributed by atoms with Crippen LogP contribution in [0.5, 0.6) is 0 Å². The molecule has 2 amide bonds. The van der Waals surface area contributed by atoms with Crippen molar-refractivity contribution >= 4 is 27.7 Å². The number of hydrogen-bond acceptors (Lipinski definition) is 7. The van der Waals surface area contributed by atoms with E-state index in [-0.39, 0.29) is 30.4 Å². The van der Waals surface area contributed by atoms with Crippen molar-refractivity contribution in [2.24, 2.45) is 0 Å². The molecule has 0 aliphatic carbocycles. The Morgan fingerprint density at radius 3 is 2.82 bits per heavy atom. The van der Waals surface area contributed by atoms with Gasteiger partial charge in [0.05, 0.1) is 37.4 Å². The summed E-state index contributed by atoms with van der Waals surface area (Å²) in [6.45, 7) is 4.06. The molecule has 2 aromatic heterocycles. The Labute approximate surface area is 205 Å². The molecule has 1 aliphatic rings. The zero-order valence-corrected chi connectivity index (χ0v) is 20.5. The molecular weight excluding hydrogens is 504 g/mol. The summed E-state index contributed by atoms with van der Waals surface area (Å²) in [6, 6.07) is 7.23. The van der Waals surface area contributed by atoms with E-state index in [2.05, 4.69) is 41.6 Å². The van der Waals surface area contributed by atoms with Crippen LogP contribution in [0.4, 0.5) is 0 Å². The second-order valence-corrected chi connectivity index (χ2v) is 9.10. The number of aromatic nitrogens is 6. The average molecular weight is 531 g/mol. The lowest BCUT2D eigenvalue weighted by Crippen LogP contribution is -2.48. The maximum absolute atomic E-state index is 13.1. The lowest BCUT2D eigenvalue weighted by molar-refractivity contribution is -0.140. The molecule has 12 heteroatoms. The van der Waals surface area contributed by atoms with E-state index in [9.17, 15) is 9.59 Å². The number of carbonyl (C=O) groups is 2. The number of nitrogens with zero attached hydrogens (tertiary/aromatic N) is 7. The molecule has 2 atom stereocenters. The van der Waals surface area contributed by atoms with Crippen LogP contribution in [-0.4, -0.2) is 72.3 Å². The Morgan fingerprint density at radius 1 is 1.26 bits per heavy atom. The van der Waals surface area contributed by atoms with Gasteiger partial charge in [-0.3, -0.25) is 14.3 Å². The van der Waals surface area contributed by atoms with Crippen LogP contribution in [0.2, 0.25) is 0 Å². The van der Waals surface area contributed by atoms with Crippen molar-refractivity contribution in [2.45, 2.75) is 45.0 Å². The molecule has 180 valence electrons. The van der Waals surface area contributed by atoms with E-state index in [4.69, 9.17) is 4.74 Å². The van der Waals surface area contributed by atoms with Gasteiger partial charge >= 0.3 is 0 Å². The Bertz CT molecular complexity index is 1090. The first-order valence-electron chi connectivity index (χ1n) is 11.1. The highest BCUT2D eigenvalue weighted by Gasteiger charge is 2.27. The molecule has 34 heavy (non-hydrogen) atoms. The van der Waals surface area contributed by atoms with Gasteiger partial charge in [0.2, 0.25) is 11.8 Å². The lowest BCUT2D eigenvalue weighted by atomic mass is 10.0. The third kappa shape index (κ3) is 6.70. The number of rotatable bonds is 9. The third-order valence-corrected chi connectivity index (χ3v) is 6.09. The van der Waals surface area contributed by atoms with Crippen molar-refractivity contribution in [3.05, 3.63) is 58.8 Å². The van der Waals surface area contributed by atoms with Gasteiger partial charge in [-0.1, -0.05) is 33.3 Å². The standard InChI is InChI=1S/C22H27BrN8O3/c1-16(32)26-21(17-2-4-18(23)5-3-17)10-22(33)29-8-9-34-20(12-29)13-31-11-19(27-28-31)6-7-30-15-24-14-25-30/h2-5,11,14-15,20-21H,6-10,12-13H2,1H3,(H,26,32). The molecular formula is C22H27BrN8O3. The third-order valence-electron chi connectivity index (χ3n) is 5.56. The number of halogens is 1. The normalized spacial score (nSPS) is 16.9. The van der Waals surface area contributed by atoms with Crippen molar-refractivity contribution in [1.29, 1.82) is 0 Å². The fourth-order valence-electron chi connectivity index (χ4n) is 3.88. The Hall–Kier alpha value is -3.12. The van der Waals surface area contributed by atoms with Crippen LogP contribution in [-0.2, 0) is 33.8 Å². The molecule has 1 saturated heterocycles. The van der Waals surface area contributed by atoms with Crippen LogP contribution >= 0.6 is 15.9 Å². The molecule has 0 spiro atoms. The summed E-state index contributed by atoms with van der Waals surface area (Å²) in [5, 5.41) is 15.4. The Morgan fingerprint density at radius 2 is 2.09 bits per heavy atom. The minimum absolute atomic E-state index is 0.0259. The summed E-state index contributed by atoms with van der Waals surface area (Å²) in [4.78, 5) is 30.6. The second-order valence-electron chi connectivity index (χ2n) is 8.18. The summed E-state index contributed by atoms with van der Waals surface area (Å²) in [6.07, 6.45) is 5.75. The Balaban J connectivity index is 1.32. The van der Waals surface area contributed by atoms with Crippen molar-refractivity contribution in [2.75, 3.05) is 19.7 Å². The predicted molar refractivity (Wildman–Crippen MR) is 125 cm³/mol. The number of benzene rings is 1. The van der Waals surface area contributed by atoms with E-state index in [0.717, 1.165) is 15.7 Å². The number of hydrogen-bond donors (Lipinski definition) is 1. The van der Waals surface area contributed by atoms with E-state index in [0.29, 0.717) is 39.2 Å². The number of carbonyl (C=O) groups excluding carboxylic acids is 2. The van der Waals surface area contributed by atoms with Crippen LogP contribution in [0.1, 0.15) is 30.6 Å². The summed E-state index contributed by atoms with van der Waals surface area (Å²) >= 11 is 3.42. The maximum atomic E-state index is 13.1. The molecule has 1 N–H and O–H groups in total. The van der Waals surface area contributed by atoms with E-state index in [1.165, 1.54) is 13.3 Å². The molecule has 1 aliphatic heterocycles. The van der Waals surface area contributed by atoms with Gasteiger partial charge in [-0.25, -0.2) is 9.67 Å². The van der Waals surface area contributed by atoms with Gasteiger partial charge < -0.3 is 15.0 Å². The fourth-order valence-corrected chi connectivity index (χ4v) is 4.15. The largest absolute Gasteiger partial charge is 0.373 e. The van der Waals surface area contributed by atoms with Crippen molar-refractivity contribution in [3.8, 4) is 0 Å². The van der Waals surface area contributed by atoms with Gasteiger partial charge in [0.25, 0.3) is 0 Å². The zero-order valence-electron chi connectivity index (χ0n) is 18.9. The minimum atomic E-state index is -0.387. The highest BCUT2D eigenvalue weighted by molar-refractivity contribution is 9.10. The van der Waals surface area contributed by atoms with E-state index in [1.807, 2.05) is 30.5 Å². The first-order valence-corrected chi connectivity index (χ1v) is 11.9. The summed E-state index contributed by atoms with van der Waals surface area (Å²) in [5.41, 5.74) is 1.74. The highest BCUT2D eigenvalue weighted by Crippen LogP contribution is 2.21. The first-order chi connectivity index (χ1) is 16.5. The first kappa shape index (κ1) is 24.0. The van der Waals surface area contributed by atoms with Gasteiger partial charge in [0.15, 0.2) is 0 Å². The Kier molecular flexibility index (Phi) is 8.01. The highest BCUT2D eigenvalue weighted by atomic mass is 79.9. The zero-order chi connectivity index (χ0) is 23.9. The SMILES string of the molecule is CC(=O)NC(CC(=O)N1CCOC(Cn2cc(CCn3cncn3)nn2)C1)c1ccc(Br)cc1. The molecule has 0 saturated carbocycles. The van der Waals surface area contributed by atoms with E-state index in [1.54, 1.807) is 20.6 Å². The molecule has 2 unspecified atom stereocenters.